The number of aryl methyl sites for hydroxylation is 2. The molecule has 2 aromatic carbocycles. The summed E-state index contributed by atoms with van der Waals surface area (Å²) in [5.74, 6) is 0.0278. The summed E-state index contributed by atoms with van der Waals surface area (Å²) in [6.07, 6.45) is 4.50. The third-order valence-corrected chi connectivity index (χ3v) is 4.18. The number of hydrogen-bond donors (Lipinski definition) is 0. The summed E-state index contributed by atoms with van der Waals surface area (Å²) in [5, 5.41) is 0. The zero-order chi connectivity index (χ0) is 18.2. The number of carbonyl (C=O) groups is 1. The van der Waals surface area contributed by atoms with E-state index in [2.05, 4.69) is 45.0 Å². The smallest absolute Gasteiger partial charge is 0.251 e. The lowest BCUT2D eigenvalue weighted by Crippen LogP contribution is -2.33. The average Bonchev–Trinajstić information content (AvgIpc) is 2.58. The maximum Gasteiger partial charge on any atom is 0.251 e. The van der Waals surface area contributed by atoms with Gasteiger partial charge in [0, 0.05) is 18.3 Å². The monoisotopic (exact) mass is 336 g/mol. The molecule has 0 radical (unpaired) electrons. The van der Waals surface area contributed by atoms with Gasteiger partial charge < -0.3 is 9.80 Å². The molecule has 2 aromatic rings. The van der Waals surface area contributed by atoms with E-state index in [0.29, 0.717) is 6.54 Å². The van der Waals surface area contributed by atoms with Gasteiger partial charge in [0.05, 0.1) is 0 Å². The molecule has 0 aliphatic carbocycles. The van der Waals surface area contributed by atoms with E-state index in [-0.39, 0.29) is 5.91 Å². The maximum absolute atomic E-state index is 12.9. The SMILES string of the molecule is Cc1cccc(C)c1N(CCCN(C)C)C(=O)/C=C\c1ccccc1. The molecule has 0 spiro atoms. The zero-order valence-electron chi connectivity index (χ0n) is 15.7. The average molecular weight is 336 g/mol. The van der Waals surface area contributed by atoms with Gasteiger partial charge in [-0.1, -0.05) is 48.5 Å². The number of nitrogens with zero attached hydrogens (tertiary/aromatic N) is 2. The Hall–Kier alpha value is -2.39. The highest BCUT2D eigenvalue weighted by atomic mass is 16.2. The normalized spacial score (nSPS) is 11.2. The van der Waals surface area contributed by atoms with Crippen LogP contribution in [0.2, 0.25) is 0 Å². The summed E-state index contributed by atoms with van der Waals surface area (Å²) in [6, 6.07) is 16.1. The highest BCUT2D eigenvalue weighted by molar-refractivity contribution is 6.04. The van der Waals surface area contributed by atoms with Crippen LogP contribution in [-0.4, -0.2) is 38.0 Å². The van der Waals surface area contributed by atoms with Gasteiger partial charge in [0.1, 0.15) is 0 Å². The van der Waals surface area contributed by atoms with Gasteiger partial charge in [-0.25, -0.2) is 0 Å². The molecule has 0 saturated heterocycles. The molecule has 0 bridgehead atoms. The van der Waals surface area contributed by atoms with E-state index in [4.69, 9.17) is 0 Å². The van der Waals surface area contributed by atoms with Crippen molar-refractivity contribution >= 4 is 17.7 Å². The van der Waals surface area contributed by atoms with Crippen LogP contribution in [0.1, 0.15) is 23.1 Å². The van der Waals surface area contributed by atoms with Gasteiger partial charge in [0.2, 0.25) is 0 Å². The van der Waals surface area contributed by atoms with Crippen molar-refractivity contribution in [1.82, 2.24) is 4.90 Å². The Bertz CT molecular complexity index is 700. The molecule has 0 saturated carbocycles. The Morgan fingerprint density at radius 3 is 2.16 bits per heavy atom. The predicted molar refractivity (Wildman–Crippen MR) is 107 cm³/mol. The van der Waals surface area contributed by atoms with Gasteiger partial charge >= 0.3 is 0 Å². The lowest BCUT2D eigenvalue weighted by molar-refractivity contribution is -0.114. The van der Waals surface area contributed by atoms with Crippen molar-refractivity contribution < 1.29 is 4.79 Å². The Kier molecular flexibility index (Phi) is 6.96. The zero-order valence-corrected chi connectivity index (χ0v) is 15.7. The number of rotatable bonds is 7. The standard InChI is InChI=1S/C22H28N2O/c1-18-10-8-11-19(2)22(18)24(17-9-16-23(3)4)21(25)15-14-20-12-6-5-7-13-20/h5-8,10-15H,9,16-17H2,1-4H3/b15-14-. The van der Waals surface area contributed by atoms with Gasteiger partial charge in [0.15, 0.2) is 0 Å². The van der Waals surface area contributed by atoms with E-state index in [1.807, 2.05) is 47.4 Å². The molecule has 3 nitrogen and oxygen atoms in total. The molecule has 0 N–H and O–H groups in total. The van der Waals surface area contributed by atoms with E-state index in [9.17, 15) is 4.79 Å². The highest BCUT2D eigenvalue weighted by Crippen LogP contribution is 2.25. The fourth-order valence-corrected chi connectivity index (χ4v) is 2.93. The molecule has 0 fully saturated rings. The molecule has 25 heavy (non-hydrogen) atoms. The summed E-state index contributed by atoms with van der Waals surface area (Å²) in [5.41, 5.74) is 4.33. The van der Waals surface area contributed by atoms with Crippen molar-refractivity contribution in [3.8, 4) is 0 Å². The number of para-hydroxylation sites is 1. The molecule has 0 unspecified atom stereocenters. The lowest BCUT2D eigenvalue weighted by atomic mass is 10.1. The summed E-state index contributed by atoms with van der Waals surface area (Å²) in [6.45, 7) is 5.80. The van der Waals surface area contributed by atoms with Gasteiger partial charge in [0.25, 0.3) is 5.91 Å². The fraction of sp³-hybridized carbons (Fsp3) is 0.318. The van der Waals surface area contributed by atoms with Gasteiger partial charge in [-0.15, -0.1) is 0 Å². The second-order valence-corrected chi connectivity index (χ2v) is 6.63. The number of benzene rings is 2. The molecule has 0 atom stereocenters. The van der Waals surface area contributed by atoms with E-state index in [0.717, 1.165) is 35.3 Å². The van der Waals surface area contributed by atoms with E-state index in [1.165, 1.54) is 0 Å². The fourth-order valence-electron chi connectivity index (χ4n) is 2.93. The van der Waals surface area contributed by atoms with Crippen LogP contribution in [0, 0.1) is 13.8 Å². The van der Waals surface area contributed by atoms with Crippen LogP contribution in [-0.2, 0) is 4.79 Å². The molecule has 2 rings (SSSR count). The van der Waals surface area contributed by atoms with Crippen molar-refractivity contribution in [3.05, 3.63) is 71.3 Å². The topological polar surface area (TPSA) is 23.6 Å². The minimum absolute atomic E-state index is 0.0278. The van der Waals surface area contributed by atoms with E-state index < -0.39 is 0 Å². The van der Waals surface area contributed by atoms with Crippen LogP contribution in [0.15, 0.2) is 54.6 Å². The Morgan fingerprint density at radius 1 is 0.920 bits per heavy atom. The summed E-state index contributed by atoms with van der Waals surface area (Å²) in [7, 11) is 4.11. The van der Waals surface area contributed by atoms with E-state index in [1.54, 1.807) is 6.08 Å². The van der Waals surface area contributed by atoms with Crippen LogP contribution in [0.5, 0.6) is 0 Å². The van der Waals surface area contributed by atoms with Gasteiger partial charge in [-0.05, 0) is 63.7 Å². The third kappa shape index (κ3) is 5.57. The molecule has 0 aliphatic heterocycles. The first-order valence-electron chi connectivity index (χ1n) is 8.74. The van der Waals surface area contributed by atoms with Crippen molar-refractivity contribution in [2.24, 2.45) is 0 Å². The molecule has 0 aliphatic rings. The molecular weight excluding hydrogens is 308 g/mol. The quantitative estimate of drug-likeness (QED) is 0.704. The largest absolute Gasteiger partial charge is 0.309 e. The molecule has 3 heteroatoms. The number of amides is 1. The summed E-state index contributed by atoms with van der Waals surface area (Å²) < 4.78 is 0. The third-order valence-electron chi connectivity index (χ3n) is 4.18. The van der Waals surface area contributed by atoms with Crippen LogP contribution in [0.4, 0.5) is 5.69 Å². The Labute approximate surface area is 151 Å². The van der Waals surface area contributed by atoms with Crippen molar-refractivity contribution in [1.29, 1.82) is 0 Å². The Balaban J connectivity index is 2.24. The first kappa shape index (κ1) is 18.9. The van der Waals surface area contributed by atoms with Crippen LogP contribution >= 0.6 is 0 Å². The Morgan fingerprint density at radius 2 is 1.56 bits per heavy atom. The predicted octanol–water partition coefficient (Wildman–Crippen LogP) is 4.30. The molecule has 1 amide bonds. The second-order valence-electron chi connectivity index (χ2n) is 6.63. The molecule has 132 valence electrons. The van der Waals surface area contributed by atoms with Crippen LogP contribution in [0.25, 0.3) is 6.08 Å². The minimum atomic E-state index is 0.0278. The lowest BCUT2D eigenvalue weighted by Gasteiger charge is -2.26. The van der Waals surface area contributed by atoms with Crippen molar-refractivity contribution in [2.45, 2.75) is 20.3 Å². The minimum Gasteiger partial charge on any atom is -0.309 e. The second kappa shape index (κ2) is 9.19. The highest BCUT2D eigenvalue weighted by Gasteiger charge is 2.17. The molecule has 0 heterocycles. The summed E-state index contributed by atoms with van der Waals surface area (Å²) in [4.78, 5) is 17.0. The molecule has 0 aromatic heterocycles. The summed E-state index contributed by atoms with van der Waals surface area (Å²) >= 11 is 0. The molecular formula is C22H28N2O. The van der Waals surface area contributed by atoms with E-state index >= 15 is 0 Å². The first-order valence-corrected chi connectivity index (χ1v) is 8.74. The maximum atomic E-state index is 12.9. The number of anilines is 1. The number of hydrogen-bond acceptors (Lipinski definition) is 2. The van der Waals surface area contributed by atoms with Gasteiger partial charge in [-0.2, -0.15) is 0 Å². The van der Waals surface area contributed by atoms with Crippen LogP contribution < -0.4 is 4.90 Å². The van der Waals surface area contributed by atoms with Crippen molar-refractivity contribution in [3.63, 3.8) is 0 Å². The number of carbonyl (C=O) groups excluding carboxylic acids is 1. The van der Waals surface area contributed by atoms with Gasteiger partial charge in [-0.3, -0.25) is 4.79 Å². The van der Waals surface area contributed by atoms with Crippen LogP contribution in [0.3, 0.4) is 0 Å². The first-order chi connectivity index (χ1) is 12.0. The van der Waals surface area contributed by atoms with Crippen molar-refractivity contribution in [2.75, 3.05) is 32.1 Å².